The van der Waals surface area contributed by atoms with Crippen LogP contribution in [-0.4, -0.2) is 58.2 Å². The second kappa shape index (κ2) is 10.7. The van der Waals surface area contributed by atoms with Gasteiger partial charge < -0.3 is 29.2 Å². The molecule has 0 bridgehead atoms. The maximum absolute atomic E-state index is 13.9. The smallest absolute Gasteiger partial charge is 0.254 e. The fraction of sp³-hybridized carbons (Fsp3) is 0.333. The summed E-state index contributed by atoms with van der Waals surface area (Å²) < 4.78 is 21.8. The van der Waals surface area contributed by atoms with Crippen LogP contribution in [0.15, 0.2) is 54.6 Å². The van der Waals surface area contributed by atoms with Gasteiger partial charge in [0.05, 0.1) is 40.4 Å². The van der Waals surface area contributed by atoms with E-state index in [1.165, 1.54) is 7.11 Å². The van der Waals surface area contributed by atoms with Gasteiger partial charge in [0.25, 0.3) is 5.91 Å². The standard InChI is InChI=1S/C30H32N2O6/c1-35-23-10-9-18(15-24(23)36-2)11-13-31-29(33)27-21-16-25(37-3)26(38-4)17-22(21)30(34)32-14-12-19-7-5-6-8-20(19)28(27)32/h5-10,15-17,27-28H,11-14H2,1-4H3,(H,31,33). The van der Waals surface area contributed by atoms with Crippen LogP contribution >= 0.6 is 0 Å². The number of amides is 2. The van der Waals surface area contributed by atoms with Crippen LogP contribution in [0.2, 0.25) is 0 Å². The van der Waals surface area contributed by atoms with Gasteiger partial charge in [0.2, 0.25) is 5.91 Å². The van der Waals surface area contributed by atoms with Gasteiger partial charge in [-0.25, -0.2) is 0 Å². The van der Waals surface area contributed by atoms with E-state index >= 15 is 0 Å². The Labute approximate surface area is 222 Å². The van der Waals surface area contributed by atoms with Gasteiger partial charge >= 0.3 is 0 Å². The molecule has 0 aliphatic carbocycles. The third-order valence-electron chi connectivity index (χ3n) is 7.47. The molecule has 2 aliphatic heterocycles. The van der Waals surface area contributed by atoms with Gasteiger partial charge in [-0.3, -0.25) is 9.59 Å². The molecule has 3 aromatic rings. The third kappa shape index (κ3) is 4.40. The third-order valence-corrected chi connectivity index (χ3v) is 7.47. The molecule has 2 amide bonds. The summed E-state index contributed by atoms with van der Waals surface area (Å²) >= 11 is 0. The summed E-state index contributed by atoms with van der Waals surface area (Å²) in [6, 6.07) is 16.9. The molecule has 8 heteroatoms. The van der Waals surface area contributed by atoms with E-state index in [2.05, 4.69) is 11.4 Å². The van der Waals surface area contributed by atoms with Crippen molar-refractivity contribution in [2.75, 3.05) is 41.5 Å². The van der Waals surface area contributed by atoms with Gasteiger partial charge in [-0.1, -0.05) is 30.3 Å². The van der Waals surface area contributed by atoms with Crippen LogP contribution < -0.4 is 24.3 Å². The molecule has 3 aromatic carbocycles. The number of nitrogens with zero attached hydrogens (tertiary/aromatic N) is 1. The van der Waals surface area contributed by atoms with Gasteiger partial charge in [0.1, 0.15) is 0 Å². The van der Waals surface area contributed by atoms with E-state index in [-0.39, 0.29) is 11.8 Å². The van der Waals surface area contributed by atoms with Crippen LogP contribution in [0, 0.1) is 0 Å². The number of ether oxygens (including phenoxy) is 4. The zero-order valence-electron chi connectivity index (χ0n) is 22.1. The SMILES string of the molecule is COc1ccc(CCNC(=O)C2c3cc(OC)c(OC)cc3C(=O)N3CCc4ccccc4C23)cc1OC. The number of hydrogen-bond donors (Lipinski definition) is 1. The van der Waals surface area contributed by atoms with Crippen molar-refractivity contribution in [3.05, 3.63) is 82.4 Å². The molecular weight excluding hydrogens is 484 g/mol. The highest BCUT2D eigenvalue weighted by Crippen LogP contribution is 2.48. The maximum Gasteiger partial charge on any atom is 0.254 e. The zero-order chi connectivity index (χ0) is 26.8. The minimum absolute atomic E-state index is 0.102. The largest absolute Gasteiger partial charge is 0.493 e. The van der Waals surface area contributed by atoms with Crippen molar-refractivity contribution < 1.29 is 28.5 Å². The Morgan fingerprint density at radius 3 is 2.29 bits per heavy atom. The quantitative estimate of drug-likeness (QED) is 0.489. The molecule has 2 atom stereocenters. The van der Waals surface area contributed by atoms with E-state index in [1.807, 2.05) is 41.3 Å². The fourth-order valence-corrected chi connectivity index (χ4v) is 5.61. The molecule has 0 radical (unpaired) electrons. The van der Waals surface area contributed by atoms with Gasteiger partial charge in [0, 0.05) is 18.7 Å². The maximum atomic E-state index is 13.9. The Kier molecular flexibility index (Phi) is 7.13. The van der Waals surface area contributed by atoms with E-state index in [4.69, 9.17) is 18.9 Å². The number of carbonyl (C=O) groups is 2. The Bertz CT molecular complexity index is 1370. The van der Waals surface area contributed by atoms with Crippen LogP contribution in [0.5, 0.6) is 23.0 Å². The van der Waals surface area contributed by atoms with Crippen LogP contribution in [-0.2, 0) is 17.6 Å². The Morgan fingerprint density at radius 1 is 0.868 bits per heavy atom. The second-order valence-corrected chi connectivity index (χ2v) is 9.39. The minimum Gasteiger partial charge on any atom is -0.493 e. The van der Waals surface area contributed by atoms with Crippen molar-refractivity contribution >= 4 is 11.8 Å². The molecule has 1 N–H and O–H groups in total. The number of fused-ring (bicyclic) bond motifs is 4. The Balaban J connectivity index is 1.49. The molecule has 0 aromatic heterocycles. The van der Waals surface area contributed by atoms with Crippen molar-refractivity contribution in [2.45, 2.75) is 24.8 Å². The summed E-state index contributed by atoms with van der Waals surface area (Å²) in [6.45, 7) is 0.972. The molecule has 198 valence electrons. The lowest BCUT2D eigenvalue weighted by Gasteiger charge is -2.45. The van der Waals surface area contributed by atoms with Crippen LogP contribution in [0.1, 0.15) is 44.6 Å². The molecule has 8 nitrogen and oxygen atoms in total. The fourth-order valence-electron chi connectivity index (χ4n) is 5.61. The first-order valence-corrected chi connectivity index (χ1v) is 12.6. The molecule has 2 aliphatic rings. The van der Waals surface area contributed by atoms with Gasteiger partial charge in [0.15, 0.2) is 23.0 Å². The monoisotopic (exact) mass is 516 g/mol. The molecule has 0 spiro atoms. The molecule has 2 heterocycles. The van der Waals surface area contributed by atoms with Crippen molar-refractivity contribution in [2.24, 2.45) is 0 Å². The lowest BCUT2D eigenvalue weighted by Crippen LogP contribution is -2.50. The number of rotatable bonds is 8. The van der Waals surface area contributed by atoms with Crippen molar-refractivity contribution in [3.8, 4) is 23.0 Å². The zero-order valence-corrected chi connectivity index (χ0v) is 22.1. The highest BCUT2D eigenvalue weighted by molar-refractivity contribution is 6.02. The van der Waals surface area contributed by atoms with Gasteiger partial charge in [-0.15, -0.1) is 0 Å². The summed E-state index contributed by atoms with van der Waals surface area (Å²) in [4.78, 5) is 29.4. The number of carbonyl (C=O) groups excluding carboxylic acids is 2. The molecule has 2 unspecified atom stereocenters. The summed E-state index contributed by atoms with van der Waals surface area (Å²) in [5.74, 6) is 1.40. The van der Waals surface area contributed by atoms with E-state index < -0.39 is 12.0 Å². The van der Waals surface area contributed by atoms with Crippen molar-refractivity contribution in [1.82, 2.24) is 10.2 Å². The van der Waals surface area contributed by atoms with Crippen LogP contribution in [0.25, 0.3) is 0 Å². The molecule has 5 rings (SSSR count). The number of benzene rings is 3. The van der Waals surface area contributed by atoms with E-state index in [0.717, 1.165) is 23.1 Å². The topological polar surface area (TPSA) is 86.3 Å². The number of hydrogen-bond acceptors (Lipinski definition) is 6. The first-order chi connectivity index (χ1) is 18.5. The lowest BCUT2D eigenvalue weighted by molar-refractivity contribution is -0.124. The first-order valence-electron chi connectivity index (χ1n) is 12.6. The summed E-state index contributed by atoms with van der Waals surface area (Å²) in [5.41, 5.74) is 4.30. The van der Waals surface area contributed by atoms with Crippen LogP contribution in [0.4, 0.5) is 0 Å². The second-order valence-electron chi connectivity index (χ2n) is 9.39. The van der Waals surface area contributed by atoms with Crippen molar-refractivity contribution in [3.63, 3.8) is 0 Å². The highest BCUT2D eigenvalue weighted by Gasteiger charge is 2.46. The molecule has 0 saturated heterocycles. The average molecular weight is 517 g/mol. The van der Waals surface area contributed by atoms with Crippen LogP contribution in [0.3, 0.4) is 0 Å². The normalized spacial score (nSPS) is 17.6. The summed E-state index contributed by atoms with van der Waals surface area (Å²) in [5, 5.41) is 3.13. The average Bonchev–Trinajstić information content (AvgIpc) is 2.96. The Morgan fingerprint density at radius 2 is 1.55 bits per heavy atom. The molecular formula is C30H32N2O6. The predicted octanol–water partition coefficient (Wildman–Crippen LogP) is 3.92. The number of nitrogens with one attached hydrogen (secondary N) is 1. The van der Waals surface area contributed by atoms with E-state index in [9.17, 15) is 9.59 Å². The van der Waals surface area contributed by atoms with Gasteiger partial charge in [-0.05, 0) is 59.4 Å². The number of methoxy groups -OCH3 is 4. The molecule has 38 heavy (non-hydrogen) atoms. The minimum atomic E-state index is -0.602. The molecule has 0 fully saturated rings. The van der Waals surface area contributed by atoms with Gasteiger partial charge in [-0.2, -0.15) is 0 Å². The summed E-state index contributed by atoms with van der Waals surface area (Å²) in [7, 11) is 6.29. The predicted molar refractivity (Wildman–Crippen MR) is 142 cm³/mol. The van der Waals surface area contributed by atoms with E-state index in [1.54, 1.807) is 33.5 Å². The Hall–Kier alpha value is -4.20. The first kappa shape index (κ1) is 25.4. The lowest BCUT2D eigenvalue weighted by atomic mass is 9.75. The van der Waals surface area contributed by atoms with E-state index in [0.29, 0.717) is 53.6 Å². The highest BCUT2D eigenvalue weighted by atomic mass is 16.5. The summed E-state index contributed by atoms with van der Waals surface area (Å²) in [6.07, 6.45) is 1.36. The van der Waals surface area contributed by atoms with Crippen molar-refractivity contribution in [1.29, 1.82) is 0 Å². The molecule has 0 saturated carbocycles.